The van der Waals surface area contributed by atoms with Crippen LogP contribution in [0.4, 0.5) is 8.78 Å². The summed E-state index contributed by atoms with van der Waals surface area (Å²) >= 11 is 0. The third kappa shape index (κ3) is 3.31. The molecule has 3 rings (SSSR count). The molecule has 0 bridgehead atoms. The molecule has 1 aromatic heterocycles. The molecule has 2 aromatic rings. The third-order valence-electron chi connectivity index (χ3n) is 4.70. The number of aromatic amines is 1. The Bertz CT molecular complexity index is 746. The summed E-state index contributed by atoms with van der Waals surface area (Å²) in [6, 6.07) is 5.22. The summed E-state index contributed by atoms with van der Waals surface area (Å²) < 4.78 is 27.1. The molecule has 0 aliphatic carbocycles. The highest BCUT2D eigenvalue weighted by Crippen LogP contribution is 2.32. The molecule has 2 heterocycles. The quantitative estimate of drug-likeness (QED) is 0.903. The monoisotopic (exact) mass is 334 g/mol. The van der Waals surface area contributed by atoms with Crippen molar-refractivity contribution >= 4 is 5.91 Å². The number of hydrogen-bond donors (Lipinski definition) is 2. The Labute approximate surface area is 138 Å². The summed E-state index contributed by atoms with van der Waals surface area (Å²) in [5.74, 6) is -1.49. The average molecular weight is 334 g/mol. The molecule has 0 spiro atoms. The highest BCUT2D eigenvalue weighted by atomic mass is 19.1. The normalized spacial score (nSPS) is 20.0. The van der Waals surface area contributed by atoms with E-state index in [0.717, 1.165) is 31.1 Å². The lowest BCUT2D eigenvalue weighted by atomic mass is 9.92. The van der Waals surface area contributed by atoms with Crippen molar-refractivity contribution < 1.29 is 13.6 Å². The highest BCUT2D eigenvalue weighted by Gasteiger charge is 2.28. The second-order valence-electron chi connectivity index (χ2n) is 6.25. The second kappa shape index (κ2) is 6.68. The van der Waals surface area contributed by atoms with E-state index in [4.69, 9.17) is 5.73 Å². The molecule has 24 heavy (non-hydrogen) atoms. The molecule has 128 valence electrons. The number of H-pyrrole nitrogens is 1. The minimum atomic E-state index is -0.573. The van der Waals surface area contributed by atoms with Crippen LogP contribution in [0.5, 0.6) is 0 Å². The van der Waals surface area contributed by atoms with Crippen LogP contribution in [0.15, 0.2) is 24.3 Å². The number of nitrogens with two attached hydrogens (primary N) is 1. The first-order chi connectivity index (χ1) is 11.5. The molecule has 1 aliphatic heterocycles. The van der Waals surface area contributed by atoms with Gasteiger partial charge >= 0.3 is 0 Å². The molecule has 0 unspecified atom stereocenters. The van der Waals surface area contributed by atoms with Crippen LogP contribution in [0.3, 0.4) is 0 Å². The van der Waals surface area contributed by atoms with Gasteiger partial charge in [0.05, 0.1) is 0 Å². The van der Waals surface area contributed by atoms with E-state index < -0.39 is 17.5 Å². The number of amides is 1. The van der Waals surface area contributed by atoms with Gasteiger partial charge in [-0.2, -0.15) is 5.10 Å². The second-order valence-corrected chi connectivity index (χ2v) is 6.25. The van der Waals surface area contributed by atoms with Gasteiger partial charge in [-0.1, -0.05) is 6.07 Å². The van der Waals surface area contributed by atoms with Crippen molar-refractivity contribution in [2.45, 2.75) is 31.7 Å². The van der Waals surface area contributed by atoms with Crippen molar-refractivity contribution in [2.24, 2.45) is 5.73 Å². The number of halogens is 2. The topological polar surface area (TPSA) is 75.0 Å². The summed E-state index contributed by atoms with van der Waals surface area (Å²) in [6.45, 7) is 3.46. The van der Waals surface area contributed by atoms with Gasteiger partial charge in [0.1, 0.15) is 17.3 Å². The van der Waals surface area contributed by atoms with E-state index in [9.17, 15) is 13.6 Å². The van der Waals surface area contributed by atoms with Gasteiger partial charge < -0.3 is 5.73 Å². The summed E-state index contributed by atoms with van der Waals surface area (Å²) in [5, 5.41) is 6.80. The Morgan fingerprint density at radius 1 is 1.42 bits per heavy atom. The molecule has 1 aliphatic rings. The zero-order valence-corrected chi connectivity index (χ0v) is 13.4. The Morgan fingerprint density at radius 2 is 2.21 bits per heavy atom. The molecule has 0 saturated carbocycles. The molecule has 5 nitrogen and oxygen atoms in total. The van der Waals surface area contributed by atoms with Crippen LogP contribution in [-0.4, -0.2) is 34.1 Å². The summed E-state index contributed by atoms with van der Waals surface area (Å²) in [4.78, 5) is 13.3. The fraction of sp³-hybridized carbons (Fsp3) is 0.412. The number of carbonyl (C=O) groups excluding carboxylic acids is 1. The number of piperidine rings is 1. The number of aromatic nitrogens is 2. The molecule has 1 aromatic carbocycles. The van der Waals surface area contributed by atoms with Crippen molar-refractivity contribution in [3.63, 3.8) is 0 Å². The van der Waals surface area contributed by atoms with E-state index in [1.54, 1.807) is 6.07 Å². The Morgan fingerprint density at radius 3 is 2.88 bits per heavy atom. The van der Waals surface area contributed by atoms with Gasteiger partial charge in [0.15, 0.2) is 0 Å². The van der Waals surface area contributed by atoms with E-state index in [0.29, 0.717) is 12.1 Å². The van der Waals surface area contributed by atoms with Crippen molar-refractivity contribution in [1.29, 1.82) is 0 Å². The van der Waals surface area contributed by atoms with Crippen molar-refractivity contribution in [3.8, 4) is 0 Å². The molecular formula is C17H20F2N4O. The molecule has 3 N–H and O–H groups in total. The minimum absolute atomic E-state index is 0.160. The van der Waals surface area contributed by atoms with E-state index in [1.807, 2.05) is 6.92 Å². The van der Waals surface area contributed by atoms with Gasteiger partial charge in [-0.15, -0.1) is 0 Å². The average Bonchev–Trinajstić information content (AvgIpc) is 3.05. The number of primary amides is 1. The SMILES string of the molecule is C[C@H](c1ccc(F)cc1F)N1CCC[C@H](c2cc(C(N)=O)n[nH]2)C1. The third-order valence-corrected chi connectivity index (χ3v) is 4.70. The predicted octanol–water partition coefficient (Wildman–Crippen LogP) is 2.73. The smallest absolute Gasteiger partial charge is 0.269 e. The van der Waals surface area contributed by atoms with Gasteiger partial charge in [0.2, 0.25) is 0 Å². The number of nitrogens with zero attached hydrogens (tertiary/aromatic N) is 2. The van der Waals surface area contributed by atoms with Crippen molar-refractivity contribution in [3.05, 3.63) is 52.9 Å². The van der Waals surface area contributed by atoms with Crippen molar-refractivity contribution in [2.75, 3.05) is 13.1 Å². The van der Waals surface area contributed by atoms with E-state index in [-0.39, 0.29) is 17.7 Å². The first-order valence-electron chi connectivity index (χ1n) is 8.00. The lowest BCUT2D eigenvalue weighted by Crippen LogP contribution is -2.36. The number of rotatable bonds is 4. The van der Waals surface area contributed by atoms with Crippen LogP contribution in [0, 0.1) is 11.6 Å². The fourth-order valence-corrected chi connectivity index (χ4v) is 3.32. The Kier molecular flexibility index (Phi) is 4.62. The molecule has 1 amide bonds. The van der Waals surface area contributed by atoms with Crippen LogP contribution >= 0.6 is 0 Å². The maximum Gasteiger partial charge on any atom is 0.269 e. The largest absolute Gasteiger partial charge is 0.364 e. The maximum absolute atomic E-state index is 14.0. The van der Waals surface area contributed by atoms with Crippen LogP contribution in [-0.2, 0) is 0 Å². The van der Waals surface area contributed by atoms with E-state index >= 15 is 0 Å². The summed E-state index contributed by atoms with van der Waals surface area (Å²) in [6.07, 6.45) is 1.90. The number of nitrogens with one attached hydrogen (secondary N) is 1. The molecular weight excluding hydrogens is 314 g/mol. The standard InChI is InChI=1S/C17H20F2N4O/c1-10(13-5-4-12(18)7-14(13)19)23-6-2-3-11(9-23)15-8-16(17(20)24)22-21-15/h4-5,7-8,10-11H,2-3,6,9H2,1H3,(H2,20,24)(H,21,22)/t10-,11+/m1/s1. The Balaban J connectivity index is 1.75. The highest BCUT2D eigenvalue weighted by molar-refractivity contribution is 5.90. The minimum Gasteiger partial charge on any atom is -0.364 e. The van der Waals surface area contributed by atoms with Gasteiger partial charge in [-0.25, -0.2) is 8.78 Å². The number of carbonyl (C=O) groups is 1. The lowest BCUT2D eigenvalue weighted by molar-refractivity contribution is 0.0995. The summed E-state index contributed by atoms with van der Waals surface area (Å²) in [7, 11) is 0. The molecule has 2 atom stereocenters. The zero-order valence-electron chi connectivity index (χ0n) is 13.4. The number of benzene rings is 1. The van der Waals surface area contributed by atoms with Crippen LogP contribution in [0.25, 0.3) is 0 Å². The molecule has 1 fully saturated rings. The number of likely N-dealkylation sites (tertiary alicyclic amines) is 1. The molecule has 0 radical (unpaired) electrons. The maximum atomic E-state index is 14.0. The summed E-state index contributed by atoms with van der Waals surface area (Å²) in [5.41, 5.74) is 6.80. The molecule has 1 saturated heterocycles. The number of hydrogen-bond acceptors (Lipinski definition) is 3. The van der Waals surface area contributed by atoms with Crippen LogP contribution in [0.1, 0.15) is 53.5 Å². The van der Waals surface area contributed by atoms with Gasteiger partial charge in [-0.3, -0.25) is 14.8 Å². The van der Waals surface area contributed by atoms with Crippen LogP contribution < -0.4 is 5.73 Å². The van der Waals surface area contributed by atoms with E-state index in [1.165, 1.54) is 12.1 Å². The first-order valence-corrected chi connectivity index (χ1v) is 8.00. The first kappa shape index (κ1) is 16.6. The van der Waals surface area contributed by atoms with Crippen LogP contribution in [0.2, 0.25) is 0 Å². The van der Waals surface area contributed by atoms with Gasteiger partial charge in [-0.05, 0) is 38.4 Å². The fourth-order valence-electron chi connectivity index (χ4n) is 3.32. The van der Waals surface area contributed by atoms with Crippen molar-refractivity contribution in [1.82, 2.24) is 15.1 Å². The zero-order chi connectivity index (χ0) is 17.3. The van der Waals surface area contributed by atoms with Gasteiger partial charge in [0, 0.05) is 35.8 Å². The predicted molar refractivity (Wildman–Crippen MR) is 85.4 cm³/mol. The molecule has 7 heteroatoms. The van der Waals surface area contributed by atoms with E-state index in [2.05, 4.69) is 15.1 Å². The lowest BCUT2D eigenvalue weighted by Gasteiger charge is -2.36. The Hall–Kier alpha value is -2.28. The van der Waals surface area contributed by atoms with Gasteiger partial charge in [0.25, 0.3) is 5.91 Å².